The molecular formula is C16H21FN2O3. The lowest BCUT2D eigenvalue weighted by atomic mass is 10.0. The fourth-order valence-electron chi connectivity index (χ4n) is 2.67. The maximum atomic E-state index is 13.0. The van der Waals surface area contributed by atoms with E-state index in [9.17, 15) is 9.18 Å². The van der Waals surface area contributed by atoms with Crippen LogP contribution in [0.5, 0.6) is 0 Å². The van der Waals surface area contributed by atoms with Crippen molar-refractivity contribution in [1.82, 2.24) is 10.8 Å². The highest BCUT2D eigenvalue weighted by Gasteiger charge is 2.33. The summed E-state index contributed by atoms with van der Waals surface area (Å²) in [6, 6.07) is 5.74. The molecule has 3 rings (SSSR count). The number of hydroxylamine groups is 1. The Balaban J connectivity index is 1.52. The number of benzene rings is 1. The number of hydrogen-bond acceptors (Lipinski definition) is 3. The standard InChI is InChI=1S/C16H21FN2O3/c17-13-8-6-12(7-9-13)15(11-4-5-11)18-16(20)19-22-14-3-1-2-10-21-14/h6-9,11,14-15H,1-5,10H2,(H2,18,19,20)/t14-,15-/m1/s1. The molecule has 1 aromatic rings. The van der Waals surface area contributed by atoms with E-state index in [0.717, 1.165) is 37.7 Å². The highest BCUT2D eigenvalue weighted by atomic mass is 19.1. The zero-order valence-electron chi connectivity index (χ0n) is 12.4. The van der Waals surface area contributed by atoms with Crippen LogP contribution in [0.1, 0.15) is 43.7 Å². The van der Waals surface area contributed by atoms with Gasteiger partial charge >= 0.3 is 6.03 Å². The number of hydrogen-bond donors (Lipinski definition) is 2. The number of nitrogens with one attached hydrogen (secondary N) is 2. The van der Waals surface area contributed by atoms with Crippen molar-refractivity contribution in [2.75, 3.05) is 6.61 Å². The molecule has 1 aliphatic heterocycles. The Morgan fingerprint density at radius 3 is 2.64 bits per heavy atom. The van der Waals surface area contributed by atoms with Crippen molar-refractivity contribution in [3.05, 3.63) is 35.6 Å². The minimum atomic E-state index is -0.393. The molecule has 2 fully saturated rings. The lowest BCUT2D eigenvalue weighted by Gasteiger charge is -2.23. The third kappa shape index (κ3) is 4.18. The van der Waals surface area contributed by atoms with Crippen LogP contribution in [0.15, 0.2) is 24.3 Å². The molecule has 0 unspecified atom stereocenters. The fourth-order valence-corrected chi connectivity index (χ4v) is 2.67. The molecule has 0 aromatic heterocycles. The Kier molecular flexibility index (Phi) is 4.90. The molecule has 2 amide bonds. The van der Waals surface area contributed by atoms with E-state index < -0.39 is 6.03 Å². The third-order valence-corrected chi connectivity index (χ3v) is 4.03. The Morgan fingerprint density at radius 1 is 1.23 bits per heavy atom. The normalized spacial score (nSPS) is 22.9. The summed E-state index contributed by atoms with van der Waals surface area (Å²) in [5.41, 5.74) is 3.31. The van der Waals surface area contributed by atoms with Crippen LogP contribution in [0.4, 0.5) is 9.18 Å². The van der Waals surface area contributed by atoms with E-state index in [0.29, 0.717) is 12.5 Å². The predicted molar refractivity (Wildman–Crippen MR) is 78.2 cm³/mol. The summed E-state index contributed by atoms with van der Waals surface area (Å²) < 4.78 is 18.4. The van der Waals surface area contributed by atoms with Crippen molar-refractivity contribution >= 4 is 6.03 Å². The van der Waals surface area contributed by atoms with Gasteiger partial charge in [0, 0.05) is 13.0 Å². The van der Waals surface area contributed by atoms with E-state index in [1.165, 1.54) is 12.1 Å². The van der Waals surface area contributed by atoms with Crippen LogP contribution in [0.3, 0.4) is 0 Å². The van der Waals surface area contributed by atoms with Gasteiger partial charge in [0.15, 0.2) is 6.29 Å². The highest BCUT2D eigenvalue weighted by molar-refractivity contribution is 5.73. The second kappa shape index (κ2) is 7.07. The van der Waals surface area contributed by atoms with Gasteiger partial charge < -0.3 is 10.1 Å². The predicted octanol–water partition coefficient (Wildman–Crippen LogP) is 3.03. The molecule has 0 bridgehead atoms. The molecule has 120 valence electrons. The average Bonchev–Trinajstić information content (AvgIpc) is 3.37. The lowest BCUT2D eigenvalue weighted by molar-refractivity contribution is -0.186. The summed E-state index contributed by atoms with van der Waals surface area (Å²) in [6.07, 6.45) is 4.60. The number of amides is 2. The van der Waals surface area contributed by atoms with Gasteiger partial charge in [-0.05, 0) is 49.3 Å². The van der Waals surface area contributed by atoms with Crippen molar-refractivity contribution in [3.63, 3.8) is 0 Å². The molecule has 22 heavy (non-hydrogen) atoms. The highest BCUT2D eigenvalue weighted by Crippen LogP contribution is 2.40. The molecule has 2 atom stereocenters. The summed E-state index contributed by atoms with van der Waals surface area (Å²) in [7, 11) is 0. The van der Waals surface area contributed by atoms with Crippen molar-refractivity contribution in [2.24, 2.45) is 5.92 Å². The number of carbonyl (C=O) groups is 1. The molecule has 1 aliphatic carbocycles. The van der Waals surface area contributed by atoms with Crippen molar-refractivity contribution in [1.29, 1.82) is 0 Å². The van der Waals surface area contributed by atoms with Crippen LogP contribution < -0.4 is 10.8 Å². The lowest BCUT2D eigenvalue weighted by Crippen LogP contribution is -2.41. The summed E-state index contributed by atoms with van der Waals surface area (Å²) in [4.78, 5) is 17.2. The zero-order chi connectivity index (χ0) is 15.4. The van der Waals surface area contributed by atoms with E-state index in [-0.39, 0.29) is 18.1 Å². The first-order valence-electron chi connectivity index (χ1n) is 7.81. The van der Waals surface area contributed by atoms with Gasteiger partial charge in [-0.2, -0.15) is 0 Å². The molecule has 5 nitrogen and oxygen atoms in total. The van der Waals surface area contributed by atoms with Crippen molar-refractivity contribution < 1.29 is 18.8 Å². The van der Waals surface area contributed by atoms with Crippen LogP contribution in [0.2, 0.25) is 0 Å². The molecule has 0 radical (unpaired) electrons. The molecule has 2 N–H and O–H groups in total. The van der Waals surface area contributed by atoms with Gasteiger partial charge in [0.2, 0.25) is 0 Å². The van der Waals surface area contributed by atoms with E-state index in [2.05, 4.69) is 10.8 Å². The maximum absolute atomic E-state index is 13.0. The van der Waals surface area contributed by atoms with Crippen LogP contribution in [0, 0.1) is 11.7 Å². The van der Waals surface area contributed by atoms with E-state index in [4.69, 9.17) is 9.57 Å². The average molecular weight is 308 g/mol. The van der Waals surface area contributed by atoms with E-state index in [1.807, 2.05) is 0 Å². The number of rotatable bonds is 5. The number of urea groups is 1. The van der Waals surface area contributed by atoms with E-state index in [1.54, 1.807) is 12.1 Å². The minimum absolute atomic E-state index is 0.114. The first-order chi connectivity index (χ1) is 10.7. The van der Waals surface area contributed by atoms with Gasteiger partial charge in [-0.15, -0.1) is 0 Å². The minimum Gasteiger partial charge on any atom is -0.350 e. The van der Waals surface area contributed by atoms with Crippen molar-refractivity contribution in [2.45, 2.75) is 44.4 Å². The topological polar surface area (TPSA) is 59.6 Å². The summed E-state index contributed by atoms with van der Waals surface area (Å²) in [6.45, 7) is 0.661. The molecular weight excluding hydrogens is 287 g/mol. The van der Waals surface area contributed by atoms with Gasteiger partial charge in [0.05, 0.1) is 6.04 Å². The van der Waals surface area contributed by atoms with E-state index >= 15 is 0 Å². The summed E-state index contributed by atoms with van der Waals surface area (Å²) in [5, 5.41) is 2.90. The van der Waals surface area contributed by atoms with Gasteiger partial charge in [-0.3, -0.25) is 0 Å². The SMILES string of the molecule is O=C(NO[C@@H]1CCCCO1)N[C@@H](c1ccc(F)cc1)C1CC1. The number of halogens is 1. The van der Waals surface area contributed by atoms with Gasteiger partial charge in [0.1, 0.15) is 5.82 Å². The number of carbonyl (C=O) groups excluding carboxylic acids is 1. The molecule has 1 heterocycles. The van der Waals surface area contributed by atoms with Crippen LogP contribution in [-0.2, 0) is 9.57 Å². The molecule has 6 heteroatoms. The molecule has 0 spiro atoms. The Morgan fingerprint density at radius 2 is 2.00 bits per heavy atom. The first-order valence-corrected chi connectivity index (χ1v) is 7.81. The monoisotopic (exact) mass is 308 g/mol. The quantitative estimate of drug-likeness (QED) is 0.822. The first kappa shape index (κ1) is 15.2. The summed E-state index contributed by atoms with van der Waals surface area (Å²) in [5.74, 6) is 0.127. The van der Waals surface area contributed by atoms with Crippen LogP contribution in [-0.4, -0.2) is 18.9 Å². The van der Waals surface area contributed by atoms with Crippen molar-refractivity contribution in [3.8, 4) is 0 Å². The largest absolute Gasteiger partial charge is 0.350 e. The Labute approximate surface area is 129 Å². The second-order valence-electron chi connectivity index (χ2n) is 5.86. The smallest absolute Gasteiger partial charge is 0.339 e. The van der Waals surface area contributed by atoms with Gasteiger partial charge in [-0.25, -0.2) is 19.5 Å². The number of ether oxygens (including phenoxy) is 1. The fraction of sp³-hybridized carbons (Fsp3) is 0.562. The summed E-state index contributed by atoms with van der Waals surface area (Å²) >= 11 is 0. The van der Waals surface area contributed by atoms with Crippen LogP contribution >= 0.6 is 0 Å². The van der Waals surface area contributed by atoms with Gasteiger partial charge in [-0.1, -0.05) is 12.1 Å². The molecule has 1 aromatic carbocycles. The molecule has 1 saturated heterocycles. The maximum Gasteiger partial charge on any atom is 0.339 e. The van der Waals surface area contributed by atoms with Gasteiger partial charge in [0.25, 0.3) is 0 Å². The Hall–Kier alpha value is -1.66. The van der Waals surface area contributed by atoms with Crippen LogP contribution in [0.25, 0.3) is 0 Å². The third-order valence-electron chi connectivity index (χ3n) is 4.03. The zero-order valence-corrected chi connectivity index (χ0v) is 12.4. The second-order valence-corrected chi connectivity index (χ2v) is 5.86. The molecule has 2 aliphatic rings. The molecule has 1 saturated carbocycles. The Bertz CT molecular complexity index is 499.